The molecule has 0 bridgehead atoms. The van der Waals surface area contributed by atoms with Gasteiger partial charge in [0.05, 0.1) is 11.3 Å². The van der Waals surface area contributed by atoms with E-state index in [1.54, 1.807) is 31.2 Å². The van der Waals surface area contributed by atoms with Crippen LogP contribution in [0.3, 0.4) is 0 Å². The van der Waals surface area contributed by atoms with Gasteiger partial charge in [0.25, 0.3) is 0 Å². The first-order chi connectivity index (χ1) is 5.70. The van der Waals surface area contributed by atoms with E-state index < -0.39 is 0 Å². The minimum absolute atomic E-state index is 0.358. The average Bonchev–Trinajstić information content (AvgIpc) is 2.05. The van der Waals surface area contributed by atoms with Gasteiger partial charge in [0.1, 0.15) is 0 Å². The van der Waals surface area contributed by atoms with Gasteiger partial charge in [0.2, 0.25) is 0 Å². The van der Waals surface area contributed by atoms with Gasteiger partial charge in [-0.3, -0.25) is 0 Å². The molecule has 1 aromatic carbocycles. The number of carbonyl (C=O) groups excluding carboxylic acids is 1. The maximum Gasteiger partial charge on any atom is 0.343 e. The summed E-state index contributed by atoms with van der Waals surface area (Å²) in [5.41, 5.74) is 0.542. The number of benzene rings is 1. The molecule has 62 valence electrons. The first-order valence-electron chi connectivity index (χ1n) is 3.63. The summed E-state index contributed by atoms with van der Waals surface area (Å²) in [6.07, 6.45) is 0. The van der Waals surface area contributed by atoms with Crippen LogP contribution in [-0.2, 0) is 4.74 Å². The Morgan fingerprint density at radius 1 is 1.33 bits per heavy atom. The molecule has 0 N–H and O–H groups in total. The minimum Gasteiger partial charge on any atom is -0.428 e. The molecule has 1 rings (SSSR count). The van der Waals surface area contributed by atoms with Crippen LogP contribution in [-0.4, -0.2) is 5.97 Å². The van der Waals surface area contributed by atoms with Gasteiger partial charge in [-0.05, 0) is 19.1 Å². The predicted molar refractivity (Wildman–Crippen MR) is 46.7 cm³/mol. The molecule has 0 spiro atoms. The smallest absolute Gasteiger partial charge is 0.343 e. The second-order valence-corrected chi connectivity index (χ2v) is 2.46. The van der Waals surface area contributed by atoms with Crippen LogP contribution >= 0.6 is 0 Å². The third-order valence-electron chi connectivity index (χ3n) is 1.28. The van der Waals surface area contributed by atoms with E-state index >= 15 is 0 Å². The van der Waals surface area contributed by atoms with Crippen LogP contribution < -0.4 is 0 Å². The molecule has 0 radical (unpaired) electrons. The Balaban J connectivity index is 2.73. The van der Waals surface area contributed by atoms with Crippen molar-refractivity contribution in [3.05, 3.63) is 48.2 Å². The van der Waals surface area contributed by atoms with Crippen molar-refractivity contribution in [2.45, 2.75) is 6.92 Å². The predicted octanol–water partition coefficient (Wildman–Crippen LogP) is 2.38. The lowest BCUT2D eigenvalue weighted by atomic mass is 10.2. The SMILES string of the molecule is C=C(C)OC(=O)c1ccccc1. The van der Waals surface area contributed by atoms with Crippen molar-refractivity contribution in [2.75, 3.05) is 0 Å². The molecule has 0 atom stereocenters. The Labute approximate surface area is 71.5 Å². The Hall–Kier alpha value is -1.57. The van der Waals surface area contributed by atoms with Crippen LogP contribution in [0, 0.1) is 0 Å². The van der Waals surface area contributed by atoms with E-state index in [0.717, 1.165) is 0 Å². The average molecular weight is 162 g/mol. The molecular formula is C10H10O2. The summed E-state index contributed by atoms with van der Waals surface area (Å²) in [6, 6.07) is 8.82. The fourth-order valence-corrected chi connectivity index (χ4v) is 0.791. The van der Waals surface area contributed by atoms with Crippen LogP contribution in [0.5, 0.6) is 0 Å². The summed E-state index contributed by atoms with van der Waals surface area (Å²) in [7, 11) is 0. The van der Waals surface area contributed by atoms with Crippen molar-refractivity contribution in [3.8, 4) is 0 Å². The fraction of sp³-hybridized carbons (Fsp3) is 0.100. The molecule has 0 fully saturated rings. The number of esters is 1. The van der Waals surface area contributed by atoms with Gasteiger partial charge in [-0.2, -0.15) is 0 Å². The van der Waals surface area contributed by atoms with E-state index in [1.807, 2.05) is 6.07 Å². The Kier molecular flexibility index (Phi) is 2.64. The van der Waals surface area contributed by atoms with Crippen molar-refractivity contribution >= 4 is 5.97 Å². The summed E-state index contributed by atoms with van der Waals surface area (Å²) in [6.45, 7) is 5.12. The number of hydrogen-bond acceptors (Lipinski definition) is 2. The van der Waals surface area contributed by atoms with Gasteiger partial charge in [-0.25, -0.2) is 4.79 Å². The molecule has 0 amide bonds. The standard InChI is InChI=1S/C10H10O2/c1-8(2)12-10(11)9-6-4-3-5-7-9/h3-7H,1H2,2H3. The van der Waals surface area contributed by atoms with E-state index in [0.29, 0.717) is 11.3 Å². The zero-order chi connectivity index (χ0) is 8.97. The van der Waals surface area contributed by atoms with Gasteiger partial charge in [-0.1, -0.05) is 24.8 Å². The number of rotatable bonds is 2. The molecule has 0 saturated carbocycles. The second kappa shape index (κ2) is 3.72. The first kappa shape index (κ1) is 8.53. The lowest BCUT2D eigenvalue weighted by Crippen LogP contribution is -2.02. The summed E-state index contributed by atoms with van der Waals surface area (Å²) < 4.78 is 4.80. The van der Waals surface area contributed by atoms with Crippen LogP contribution in [0.15, 0.2) is 42.7 Å². The highest BCUT2D eigenvalue weighted by atomic mass is 16.5. The maximum atomic E-state index is 11.2. The summed E-state index contributed by atoms with van der Waals surface area (Å²) >= 11 is 0. The molecule has 0 aliphatic heterocycles. The second-order valence-electron chi connectivity index (χ2n) is 2.46. The zero-order valence-electron chi connectivity index (χ0n) is 6.91. The molecule has 0 heterocycles. The highest BCUT2D eigenvalue weighted by Gasteiger charge is 2.04. The third kappa shape index (κ3) is 2.23. The molecule has 1 aromatic rings. The van der Waals surface area contributed by atoms with Gasteiger partial charge in [0.15, 0.2) is 0 Å². The van der Waals surface area contributed by atoms with Crippen molar-refractivity contribution in [1.82, 2.24) is 0 Å². The largest absolute Gasteiger partial charge is 0.428 e. The summed E-state index contributed by atoms with van der Waals surface area (Å²) in [5.74, 6) is 0.0481. The highest BCUT2D eigenvalue weighted by molar-refractivity contribution is 5.89. The summed E-state index contributed by atoms with van der Waals surface area (Å²) in [4.78, 5) is 11.2. The van der Waals surface area contributed by atoms with E-state index in [4.69, 9.17) is 4.74 Å². The molecule has 0 aliphatic carbocycles. The number of carbonyl (C=O) groups is 1. The van der Waals surface area contributed by atoms with Crippen molar-refractivity contribution < 1.29 is 9.53 Å². The van der Waals surface area contributed by atoms with Gasteiger partial charge in [0, 0.05) is 0 Å². The van der Waals surface area contributed by atoms with Crippen molar-refractivity contribution in [2.24, 2.45) is 0 Å². The quantitative estimate of drug-likeness (QED) is 0.493. The number of allylic oxidation sites excluding steroid dienone is 1. The Morgan fingerprint density at radius 2 is 1.92 bits per heavy atom. The minimum atomic E-state index is -0.358. The summed E-state index contributed by atoms with van der Waals surface area (Å²) in [5, 5.41) is 0. The zero-order valence-corrected chi connectivity index (χ0v) is 6.91. The third-order valence-corrected chi connectivity index (χ3v) is 1.28. The maximum absolute atomic E-state index is 11.2. The lowest BCUT2D eigenvalue weighted by molar-refractivity contribution is 0.0628. The van der Waals surface area contributed by atoms with E-state index in [9.17, 15) is 4.79 Å². The molecular weight excluding hydrogens is 152 g/mol. The fourth-order valence-electron chi connectivity index (χ4n) is 0.791. The molecule has 0 aromatic heterocycles. The molecule has 0 saturated heterocycles. The van der Waals surface area contributed by atoms with E-state index in [1.165, 1.54) is 0 Å². The van der Waals surface area contributed by atoms with Crippen LogP contribution in [0.25, 0.3) is 0 Å². The monoisotopic (exact) mass is 162 g/mol. The molecule has 12 heavy (non-hydrogen) atoms. The van der Waals surface area contributed by atoms with E-state index in [2.05, 4.69) is 6.58 Å². The Bertz CT molecular complexity index is 288. The lowest BCUT2D eigenvalue weighted by Gasteiger charge is -2.01. The number of hydrogen-bond donors (Lipinski definition) is 0. The Morgan fingerprint density at radius 3 is 2.42 bits per heavy atom. The van der Waals surface area contributed by atoms with Gasteiger partial charge in [-0.15, -0.1) is 0 Å². The molecule has 2 nitrogen and oxygen atoms in total. The van der Waals surface area contributed by atoms with Crippen molar-refractivity contribution in [1.29, 1.82) is 0 Å². The number of ether oxygens (including phenoxy) is 1. The molecule has 2 heteroatoms. The van der Waals surface area contributed by atoms with E-state index in [-0.39, 0.29) is 5.97 Å². The van der Waals surface area contributed by atoms with Crippen LogP contribution in [0.1, 0.15) is 17.3 Å². The van der Waals surface area contributed by atoms with Gasteiger partial charge < -0.3 is 4.74 Å². The van der Waals surface area contributed by atoms with Crippen LogP contribution in [0.2, 0.25) is 0 Å². The molecule has 0 unspecified atom stereocenters. The molecule has 0 aliphatic rings. The normalized spacial score (nSPS) is 9.08. The van der Waals surface area contributed by atoms with Crippen molar-refractivity contribution in [3.63, 3.8) is 0 Å². The highest BCUT2D eigenvalue weighted by Crippen LogP contribution is 2.03. The first-order valence-corrected chi connectivity index (χ1v) is 3.63. The van der Waals surface area contributed by atoms with Crippen LogP contribution in [0.4, 0.5) is 0 Å². The topological polar surface area (TPSA) is 26.3 Å². The van der Waals surface area contributed by atoms with Gasteiger partial charge >= 0.3 is 5.97 Å².